The van der Waals surface area contributed by atoms with Crippen molar-refractivity contribution in [3.63, 3.8) is 0 Å². The van der Waals surface area contributed by atoms with Crippen molar-refractivity contribution < 1.29 is 9.16 Å². The Hall–Kier alpha value is 0.617. The molecular formula is C19H39BrO2Si. The first-order valence-corrected chi connectivity index (χ1v) is 13.6. The maximum Gasteiger partial charge on any atom is 0.191 e. The minimum atomic E-state index is -1.57. The van der Waals surface area contributed by atoms with Crippen LogP contribution in [0.25, 0.3) is 0 Å². The Labute approximate surface area is 154 Å². The van der Waals surface area contributed by atoms with Gasteiger partial charge in [0.05, 0.1) is 0 Å². The molecule has 0 aromatic carbocycles. The summed E-state index contributed by atoms with van der Waals surface area (Å²) in [5.41, 5.74) is 0. The van der Waals surface area contributed by atoms with Gasteiger partial charge in [-0.2, -0.15) is 0 Å². The van der Waals surface area contributed by atoms with Crippen molar-refractivity contribution >= 4 is 24.2 Å². The summed E-state index contributed by atoms with van der Waals surface area (Å²) >= 11 is 3.47. The van der Waals surface area contributed by atoms with Gasteiger partial charge in [0, 0.05) is 25.2 Å². The molecular weight excluding hydrogens is 368 g/mol. The second-order valence-corrected chi connectivity index (χ2v) is 14.4. The first-order chi connectivity index (χ1) is 10.8. The van der Waals surface area contributed by atoms with E-state index in [1.54, 1.807) is 0 Å². The Kier molecular flexibility index (Phi) is 9.96. The molecule has 0 spiro atoms. The number of ether oxygens (including phenoxy) is 1. The molecule has 0 aromatic heterocycles. The molecule has 1 fully saturated rings. The highest BCUT2D eigenvalue weighted by Crippen LogP contribution is 2.38. The van der Waals surface area contributed by atoms with Crippen LogP contribution in [0.4, 0.5) is 0 Å². The summed E-state index contributed by atoms with van der Waals surface area (Å²) < 4.78 is 12.3. The molecule has 0 N–H and O–H groups in total. The molecule has 1 rings (SSSR count). The number of rotatable bonds is 10. The van der Waals surface area contributed by atoms with Gasteiger partial charge in [-0.15, -0.1) is 0 Å². The summed E-state index contributed by atoms with van der Waals surface area (Å²) in [4.78, 5) is 0. The van der Waals surface area contributed by atoms with Gasteiger partial charge in [0.15, 0.2) is 8.32 Å². The number of hydrogen-bond donors (Lipinski definition) is 0. The molecule has 23 heavy (non-hydrogen) atoms. The average Bonchev–Trinajstić information content (AvgIpc) is 2.49. The zero-order chi connectivity index (χ0) is 17.3. The SMILES string of the molecule is CC(C)(C)[Si](C)(C)OC[C@H]1CC[C@H](COCCCCCBr)CC1. The van der Waals surface area contributed by atoms with Gasteiger partial charge in [-0.1, -0.05) is 43.1 Å². The lowest BCUT2D eigenvalue weighted by Crippen LogP contribution is -2.42. The van der Waals surface area contributed by atoms with Crippen LogP contribution in [0.15, 0.2) is 0 Å². The second-order valence-electron chi connectivity index (χ2n) is 8.78. The topological polar surface area (TPSA) is 18.5 Å². The van der Waals surface area contributed by atoms with E-state index in [0.717, 1.165) is 37.0 Å². The molecule has 1 aliphatic rings. The number of halogens is 1. The molecule has 0 heterocycles. The Morgan fingerprint density at radius 3 is 2.00 bits per heavy atom. The van der Waals surface area contributed by atoms with Gasteiger partial charge in [-0.05, 0) is 68.5 Å². The molecule has 4 heteroatoms. The predicted molar refractivity (Wildman–Crippen MR) is 107 cm³/mol. The molecule has 0 aliphatic heterocycles. The zero-order valence-corrected chi connectivity index (χ0v) is 18.7. The lowest BCUT2D eigenvalue weighted by Gasteiger charge is -2.38. The van der Waals surface area contributed by atoms with Crippen LogP contribution in [0.2, 0.25) is 18.1 Å². The molecule has 0 saturated heterocycles. The minimum absolute atomic E-state index is 0.326. The van der Waals surface area contributed by atoms with Gasteiger partial charge < -0.3 is 9.16 Å². The lowest BCUT2D eigenvalue weighted by molar-refractivity contribution is 0.0685. The molecule has 138 valence electrons. The summed E-state index contributed by atoms with van der Waals surface area (Å²) in [6.45, 7) is 14.6. The van der Waals surface area contributed by atoms with Crippen molar-refractivity contribution in [3.05, 3.63) is 0 Å². The first-order valence-electron chi connectivity index (χ1n) is 9.54. The maximum absolute atomic E-state index is 6.41. The fourth-order valence-corrected chi connectivity index (χ4v) is 4.31. The van der Waals surface area contributed by atoms with E-state index >= 15 is 0 Å². The third kappa shape index (κ3) is 8.51. The third-order valence-electron chi connectivity index (χ3n) is 5.73. The van der Waals surface area contributed by atoms with Gasteiger partial charge in [0.2, 0.25) is 0 Å². The van der Waals surface area contributed by atoms with E-state index in [-0.39, 0.29) is 0 Å². The third-order valence-corrected chi connectivity index (χ3v) is 10.8. The van der Waals surface area contributed by atoms with Gasteiger partial charge in [-0.3, -0.25) is 0 Å². The molecule has 0 atom stereocenters. The van der Waals surface area contributed by atoms with Gasteiger partial charge in [0.1, 0.15) is 0 Å². The maximum atomic E-state index is 6.41. The van der Waals surface area contributed by atoms with E-state index in [4.69, 9.17) is 9.16 Å². The largest absolute Gasteiger partial charge is 0.417 e. The summed E-state index contributed by atoms with van der Waals surface area (Å²) in [6.07, 6.45) is 9.06. The molecule has 0 unspecified atom stereocenters. The van der Waals surface area contributed by atoms with Crippen LogP contribution in [0.1, 0.15) is 65.7 Å². The van der Waals surface area contributed by atoms with Crippen LogP contribution in [-0.2, 0) is 9.16 Å². The molecule has 1 saturated carbocycles. The van der Waals surface area contributed by atoms with Crippen molar-refractivity contribution in [2.45, 2.75) is 83.8 Å². The Balaban J connectivity index is 2.11. The quantitative estimate of drug-likeness (QED) is 0.237. The van der Waals surface area contributed by atoms with Crippen LogP contribution in [0, 0.1) is 11.8 Å². The minimum Gasteiger partial charge on any atom is -0.417 e. The number of unbranched alkanes of at least 4 members (excludes halogenated alkanes) is 2. The molecule has 2 nitrogen and oxygen atoms in total. The zero-order valence-electron chi connectivity index (χ0n) is 16.1. The molecule has 0 amide bonds. The van der Waals surface area contributed by atoms with E-state index in [9.17, 15) is 0 Å². The summed E-state index contributed by atoms with van der Waals surface area (Å²) in [7, 11) is -1.57. The fourth-order valence-electron chi connectivity index (χ4n) is 2.83. The van der Waals surface area contributed by atoms with E-state index in [1.807, 2.05) is 0 Å². The average molecular weight is 408 g/mol. The van der Waals surface area contributed by atoms with Crippen LogP contribution < -0.4 is 0 Å². The van der Waals surface area contributed by atoms with Crippen LogP contribution in [0.5, 0.6) is 0 Å². The van der Waals surface area contributed by atoms with Crippen molar-refractivity contribution in [3.8, 4) is 0 Å². The summed E-state index contributed by atoms with van der Waals surface area (Å²) in [6, 6.07) is 0. The second kappa shape index (κ2) is 10.6. The molecule has 0 aromatic rings. The van der Waals surface area contributed by atoms with Crippen LogP contribution in [0.3, 0.4) is 0 Å². The lowest BCUT2D eigenvalue weighted by atomic mass is 9.83. The summed E-state index contributed by atoms with van der Waals surface area (Å²) in [5, 5.41) is 1.45. The normalized spacial score (nSPS) is 23.2. The Morgan fingerprint density at radius 2 is 1.48 bits per heavy atom. The van der Waals surface area contributed by atoms with E-state index in [0.29, 0.717) is 5.04 Å². The summed E-state index contributed by atoms with van der Waals surface area (Å²) in [5.74, 6) is 1.56. The van der Waals surface area contributed by atoms with Gasteiger partial charge in [0.25, 0.3) is 0 Å². The van der Waals surface area contributed by atoms with Crippen molar-refractivity contribution in [1.82, 2.24) is 0 Å². The van der Waals surface area contributed by atoms with Gasteiger partial charge in [-0.25, -0.2) is 0 Å². The number of alkyl halides is 1. The van der Waals surface area contributed by atoms with Crippen molar-refractivity contribution in [2.24, 2.45) is 11.8 Å². The molecule has 1 aliphatic carbocycles. The van der Waals surface area contributed by atoms with E-state index < -0.39 is 8.32 Å². The van der Waals surface area contributed by atoms with Gasteiger partial charge >= 0.3 is 0 Å². The monoisotopic (exact) mass is 406 g/mol. The highest BCUT2D eigenvalue weighted by molar-refractivity contribution is 9.09. The fraction of sp³-hybridized carbons (Fsp3) is 1.00. The van der Waals surface area contributed by atoms with Crippen LogP contribution >= 0.6 is 15.9 Å². The van der Waals surface area contributed by atoms with E-state index in [1.165, 1.54) is 44.9 Å². The smallest absolute Gasteiger partial charge is 0.191 e. The number of hydrogen-bond acceptors (Lipinski definition) is 2. The standard InChI is InChI=1S/C19H39BrO2Si/c1-19(2,3)23(4,5)22-16-18-11-9-17(10-12-18)15-21-14-8-6-7-13-20/h17-18H,6-16H2,1-5H3/t17-,18-. The van der Waals surface area contributed by atoms with Crippen molar-refractivity contribution in [2.75, 3.05) is 25.2 Å². The van der Waals surface area contributed by atoms with Crippen LogP contribution in [-0.4, -0.2) is 33.5 Å². The molecule has 0 bridgehead atoms. The predicted octanol–water partition coefficient (Wildman–Crippen LogP) is 6.40. The highest BCUT2D eigenvalue weighted by atomic mass is 79.9. The molecule has 0 radical (unpaired) electrons. The van der Waals surface area contributed by atoms with Crippen molar-refractivity contribution in [1.29, 1.82) is 0 Å². The Morgan fingerprint density at radius 1 is 0.913 bits per heavy atom. The highest BCUT2D eigenvalue weighted by Gasteiger charge is 2.37. The Bertz CT molecular complexity index is 307. The first kappa shape index (κ1) is 21.7. The van der Waals surface area contributed by atoms with E-state index in [2.05, 4.69) is 49.8 Å².